The zero-order chi connectivity index (χ0) is 16.9. The lowest BCUT2D eigenvalue weighted by Gasteiger charge is -2.18. The molecule has 5 heteroatoms. The molecule has 0 aliphatic carbocycles. The van der Waals surface area contributed by atoms with Crippen LogP contribution in [-0.2, 0) is 11.3 Å². The van der Waals surface area contributed by atoms with Crippen molar-refractivity contribution in [1.82, 2.24) is 10.2 Å². The van der Waals surface area contributed by atoms with Gasteiger partial charge in [-0.3, -0.25) is 9.69 Å². The smallest absolute Gasteiger partial charge is 0.325 e. The lowest BCUT2D eigenvalue weighted by Crippen LogP contribution is -2.39. The van der Waals surface area contributed by atoms with Gasteiger partial charge in [0, 0.05) is 25.3 Å². The minimum Gasteiger partial charge on any atom is -0.350 e. The minimum absolute atomic E-state index is 0.0913. The van der Waals surface area contributed by atoms with Crippen LogP contribution in [0.5, 0.6) is 0 Å². The van der Waals surface area contributed by atoms with Gasteiger partial charge in [-0.05, 0) is 24.6 Å². The number of para-hydroxylation sites is 1. The highest BCUT2D eigenvalue weighted by Gasteiger charge is 2.30. The molecule has 0 atom stereocenters. The second kappa shape index (κ2) is 7.17. The van der Waals surface area contributed by atoms with E-state index in [1.165, 1.54) is 5.56 Å². The predicted octanol–water partition coefficient (Wildman–Crippen LogP) is 2.55. The molecule has 0 unspecified atom stereocenters. The van der Waals surface area contributed by atoms with E-state index < -0.39 is 0 Å². The van der Waals surface area contributed by atoms with Crippen molar-refractivity contribution in [2.24, 2.45) is 0 Å². The number of amides is 3. The van der Waals surface area contributed by atoms with Crippen molar-refractivity contribution < 1.29 is 9.59 Å². The maximum atomic E-state index is 12.4. The van der Waals surface area contributed by atoms with Crippen molar-refractivity contribution >= 4 is 17.6 Å². The van der Waals surface area contributed by atoms with Gasteiger partial charge in [0.1, 0.15) is 6.54 Å². The lowest BCUT2D eigenvalue weighted by molar-refractivity contribution is -0.121. The van der Waals surface area contributed by atoms with E-state index in [0.29, 0.717) is 19.6 Å². The summed E-state index contributed by atoms with van der Waals surface area (Å²) < 4.78 is 0. The molecule has 5 nitrogen and oxygen atoms in total. The lowest BCUT2D eigenvalue weighted by atomic mass is 10.1. The maximum Gasteiger partial charge on any atom is 0.325 e. The number of nitrogens with one attached hydrogen (secondary N) is 1. The van der Waals surface area contributed by atoms with Gasteiger partial charge in [-0.2, -0.15) is 0 Å². The maximum absolute atomic E-state index is 12.4. The van der Waals surface area contributed by atoms with E-state index >= 15 is 0 Å². The van der Waals surface area contributed by atoms with Crippen molar-refractivity contribution in [3.8, 4) is 0 Å². The molecule has 1 N–H and O–H groups in total. The summed E-state index contributed by atoms with van der Waals surface area (Å²) in [5.41, 5.74) is 3.10. The van der Waals surface area contributed by atoms with Crippen molar-refractivity contribution in [2.75, 3.05) is 24.5 Å². The highest BCUT2D eigenvalue weighted by atomic mass is 16.2. The molecule has 3 amide bonds. The van der Waals surface area contributed by atoms with Crippen LogP contribution in [0.25, 0.3) is 0 Å². The first-order valence-electron chi connectivity index (χ1n) is 8.07. The quantitative estimate of drug-likeness (QED) is 0.919. The zero-order valence-corrected chi connectivity index (χ0v) is 13.7. The van der Waals surface area contributed by atoms with E-state index in [2.05, 4.69) is 5.32 Å². The van der Waals surface area contributed by atoms with Crippen LogP contribution < -0.4 is 10.2 Å². The van der Waals surface area contributed by atoms with Gasteiger partial charge in [-0.1, -0.05) is 48.0 Å². The summed E-state index contributed by atoms with van der Waals surface area (Å²) in [6.07, 6.45) is 0. The number of aryl methyl sites for hydroxylation is 1. The summed E-state index contributed by atoms with van der Waals surface area (Å²) in [5.74, 6) is -0.140. The van der Waals surface area contributed by atoms with Gasteiger partial charge in [-0.15, -0.1) is 0 Å². The van der Waals surface area contributed by atoms with Crippen LogP contribution >= 0.6 is 0 Å². The van der Waals surface area contributed by atoms with Gasteiger partial charge in [0.15, 0.2) is 0 Å². The van der Waals surface area contributed by atoms with E-state index in [0.717, 1.165) is 11.3 Å². The number of urea groups is 1. The van der Waals surface area contributed by atoms with Crippen molar-refractivity contribution in [3.63, 3.8) is 0 Å². The monoisotopic (exact) mass is 323 g/mol. The zero-order valence-electron chi connectivity index (χ0n) is 13.7. The third kappa shape index (κ3) is 3.74. The number of rotatable bonds is 5. The molecule has 2 aromatic carbocycles. The molecule has 24 heavy (non-hydrogen) atoms. The molecule has 1 aliphatic heterocycles. The van der Waals surface area contributed by atoms with Crippen molar-refractivity contribution in [3.05, 3.63) is 65.7 Å². The molecule has 0 bridgehead atoms. The summed E-state index contributed by atoms with van der Waals surface area (Å²) in [6.45, 7) is 3.76. The largest absolute Gasteiger partial charge is 0.350 e. The molecule has 2 aromatic rings. The molecule has 0 spiro atoms. The Labute approximate surface area is 141 Å². The van der Waals surface area contributed by atoms with Gasteiger partial charge in [0.2, 0.25) is 5.91 Å². The van der Waals surface area contributed by atoms with Crippen LogP contribution in [0.1, 0.15) is 11.1 Å². The number of anilines is 1. The van der Waals surface area contributed by atoms with Crippen LogP contribution in [-0.4, -0.2) is 36.5 Å². The third-order valence-corrected chi connectivity index (χ3v) is 4.11. The second-order valence-corrected chi connectivity index (χ2v) is 5.95. The summed E-state index contributed by atoms with van der Waals surface area (Å²) in [5, 5.41) is 2.87. The highest BCUT2D eigenvalue weighted by molar-refractivity contribution is 5.96. The van der Waals surface area contributed by atoms with Crippen LogP contribution in [0.15, 0.2) is 54.6 Å². The summed E-state index contributed by atoms with van der Waals surface area (Å²) in [4.78, 5) is 27.8. The van der Waals surface area contributed by atoms with Crippen LogP contribution in [0.3, 0.4) is 0 Å². The Kier molecular flexibility index (Phi) is 4.79. The van der Waals surface area contributed by atoms with Gasteiger partial charge < -0.3 is 10.2 Å². The molecule has 3 rings (SSSR count). The molecule has 1 fully saturated rings. The van der Waals surface area contributed by atoms with Gasteiger partial charge in [-0.25, -0.2) is 4.79 Å². The molecular formula is C19H21N3O2. The number of carbonyl (C=O) groups is 2. The van der Waals surface area contributed by atoms with Gasteiger partial charge in [0.05, 0.1) is 0 Å². The van der Waals surface area contributed by atoms with Crippen LogP contribution in [0, 0.1) is 6.92 Å². The molecule has 1 aliphatic rings. The predicted molar refractivity (Wildman–Crippen MR) is 93.8 cm³/mol. The van der Waals surface area contributed by atoms with Gasteiger partial charge in [0.25, 0.3) is 0 Å². The summed E-state index contributed by atoms with van der Waals surface area (Å²) in [7, 11) is 0. The first-order chi connectivity index (χ1) is 11.6. The van der Waals surface area contributed by atoms with Crippen molar-refractivity contribution in [2.45, 2.75) is 13.5 Å². The summed E-state index contributed by atoms with van der Waals surface area (Å²) >= 11 is 0. The van der Waals surface area contributed by atoms with E-state index in [4.69, 9.17) is 0 Å². The first-order valence-corrected chi connectivity index (χ1v) is 8.07. The Morgan fingerprint density at radius 3 is 2.46 bits per heavy atom. The van der Waals surface area contributed by atoms with E-state index in [1.807, 2.05) is 61.5 Å². The first kappa shape index (κ1) is 16.1. The van der Waals surface area contributed by atoms with Crippen LogP contribution in [0.4, 0.5) is 10.5 Å². The highest BCUT2D eigenvalue weighted by Crippen LogP contribution is 2.19. The Morgan fingerprint density at radius 2 is 1.75 bits per heavy atom. The van der Waals surface area contributed by atoms with Gasteiger partial charge >= 0.3 is 6.03 Å². The number of carbonyl (C=O) groups excluding carboxylic acids is 2. The molecule has 0 saturated carbocycles. The average molecular weight is 323 g/mol. The molecule has 0 aromatic heterocycles. The number of hydrogen-bond acceptors (Lipinski definition) is 2. The van der Waals surface area contributed by atoms with E-state index in [9.17, 15) is 9.59 Å². The molecule has 1 heterocycles. The second-order valence-electron chi connectivity index (χ2n) is 5.95. The summed E-state index contributed by atoms with van der Waals surface area (Å²) in [6, 6.07) is 17.4. The SMILES string of the molecule is Cc1ccc(CNC(=O)CN2CCN(c3ccccc3)C2=O)cc1. The Bertz CT molecular complexity index is 713. The Hall–Kier alpha value is -2.82. The molecular weight excluding hydrogens is 302 g/mol. The fraction of sp³-hybridized carbons (Fsp3) is 0.263. The minimum atomic E-state index is -0.140. The standard InChI is InChI=1S/C19H21N3O2/c1-15-7-9-16(10-8-15)13-20-18(23)14-21-11-12-22(19(21)24)17-5-3-2-4-6-17/h2-10H,11-14H2,1H3,(H,20,23). The number of benzene rings is 2. The van der Waals surface area contributed by atoms with Crippen molar-refractivity contribution in [1.29, 1.82) is 0 Å². The Morgan fingerprint density at radius 1 is 1.04 bits per heavy atom. The molecule has 0 radical (unpaired) electrons. The topological polar surface area (TPSA) is 52.7 Å². The number of hydrogen-bond donors (Lipinski definition) is 1. The molecule has 1 saturated heterocycles. The third-order valence-electron chi connectivity index (χ3n) is 4.11. The van der Waals surface area contributed by atoms with E-state index in [1.54, 1.807) is 9.80 Å². The average Bonchev–Trinajstić information content (AvgIpc) is 2.96. The molecule has 124 valence electrons. The fourth-order valence-corrected chi connectivity index (χ4v) is 2.71. The fourth-order valence-electron chi connectivity index (χ4n) is 2.71. The normalized spacial score (nSPS) is 14.1. The number of nitrogens with zero attached hydrogens (tertiary/aromatic N) is 2. The Balaban J connectivity index is 1.52. The van der Waals surface area contributed by atoms with E-state index in [-0.39, 0.29) is 18.5 Å². The van der Waals surface area contributed by atoms with Crippen LogP contribution in [0.2, 0.25) is 0 Å².